The summed E-state index contributed by atoms with van der Waals surface area (Å²) in [5.74, 6) is -1.21. The van der Waals surface area contributed by atoms with Gasteiger partial charge in [-0.05, 0) is 68.0 Å². The highest BCUT2D eigenvalue weighted by Gasteiger charge is 2.24. The predicted molar refractivity (Wildman–Crippen MR) is 273 cm³/mol. The third kappa shape index (κ3) is 14.2. The minimum Gasteiger partial charge on any atom is -0.480 e. The van der Waals surface area contributed by atoms with Gasteiger partial charge in [0.2, 0.25) is 0 Å². The first kappa shape index (κ1) is 54.1. The van der Waals surface area contributed by atoms with Gasteiger partial charge in [-0.15, -0.1) is 0 Å². The van der Waals surface area contributed by atoms with Crippen LogP contribution in [-0.2, 0) is 4.79 Å². The molecule has 12 N–H and O–H groups in total. The molecule has 21 heteroatoms. The second kappa shape index (κ2) is 24.0. The number of carboxylic acids is 1. The Morgan fingerprint density at radius 2 is 0.838 bits per heavy atom. The summed E-state index contributed by atoms with van der Waals surface area (Å²) in [6.07, 6.45) is 4.39. The standard InChI is InChI=1S/C16H18ClN5O3.C16H20ClN5O.C15H16Cl2N2O/c1-7(2)12(15(24)25)21-14(23)8-3-4-9-10(5-8)13(22-16(18)19)20-6-11(9)17;1-8(2)9(3)21-15(23)10-4-5-11-12(6-10)14(22-16(18)19)20-7-13(11)17;1-8(2)9(3)19-15(20)10-4-5-11-12(6-10)14(17)18-7-13(11)16/h3-7,12H,1-2H3,(H,21,23)(H,24,25)(H4,18,19,20,22);4-9H,1-3H3,(H,21,23)(H4,18,19,20,22);4-9H,1-3H3,(H,19,20). The SMILES string of the molecule is CC(C)C(C)NC(=O)c1ccc2c(Cl)cnc(Cl)c2c1.CC(C)C(C)NC(=O)c1ccc2c(Cl)cnc(N=C(N)N)c2c1.CC(C)C(NC(=O)c1ccc2c(Cl)cnc(N=C(N)N)c2c1)C(=O)O. The van der Waals surface area contributed by atoms with Crippen molar-refractivity contribution in [2.45, 2.75) is 73.5 Å². The van der Waals surface area contributed by atoms with E-state index in [0.717, 1.165) is 10.8 Å². The number of halogens is 4. The number of pyridine rings is 3. The molecule has 17 nitrogen and oxygen atoms in total. The third-order valence-electron chi connectivity index (χ3n) is 10.6. The van der Waals surface area contributed by atoms with Gasteiger partial charge >= 0.3 is 5.97 Å². The lowest BCUT2D eigenvalue weighted by Crippen LogP contribution is -2.44. The molecule has 0 saturated heterocycles. The fourth-order valence-corrected chi connectivity index (χ4v) is 6.91. The van der Waals surface area contributed by atoms with E-state index >= 15 is 0 Å². The summed E-state index contributed by atoms with van der Waals surface area (Å²) in [6.45, 7) is 15.6. The predicted octanol–water partition coefficient (Wildman–Crippen LogP) is 8.52. The van der Waals surface area contributed by atoms with Crippen LogP contribution in [0.3, 0.4) is 0 Å². The van der Waals surface area contributed by atoms with Crippen molar-refractivity contribution in [1.82, 2.24) is 30.9 Å². The van der Waals surface area contributed by atoms with Gasteiger partial charge in [-0.25, -0.2) is 19.7 Å². The smallest absolute Gasteiger partial charge is 0.326 e. The van der Waals surface area contributed by atoms with E-state index in [2.05, 4.69) is 54.7 Å². The summed E-state index contributed by atoms with van der Waals surface area (Å²) >= 11 is 24.4. The number of carboxylic acid groups (broad SMARTS) is 1. The van der Waals surface area contributed by atoms with Crippen molar-refractivity contribution in [1.29, 1.82) is 0 Å². The van der Waals surface area contributed by atoms with Crippen molar-refractivity contribution in [2.75, 3.05) is 0 Å². The van der Waals surface area contributed by atoms with E-state index in [-0.39, 0.29) is 53.1 Å². The van der Waals surface area contributed by atoms with Crippen LogP contribution in [0.5, 0.6) is 0 Å². The van der Waals surface area contributed by atoms with Crippen LogP contribution in [0.15, 0.2) is 83.2 Å². The molecule has 0 aliphatic rings. The molecule has 0 radical (unpaired) electrons. The van der Waals surface area contributed by atoms with Gasteiger partial charge in [0.15, 0.2) is 23.6 Å². The van der Waals surface area contributed by atoms with Crippen LogP contribution in [-0.4, -0.2) is 73.8 Å². The molecular formula is C47H54Cl4N12O5. The van der Waals surface area contributed by atoms with Gasteiger partial charge < -0.3 is 44.0 Å². The van der Waals surface area contributed by atoms with Gasteiger partial charge in [0.05, 0.1) is 15.1 Å². The number of nitrogens with two attached hydrogens (primary N) is 4. The quantitative estimate of drug-likeness (QED) is 0.0325. The second-order valence-corrected chi connectivity index (χ2v) is 18.2. The molecule has 3 heterocycles. The third-order valence-corrected chi connectivity index (χ3v) is 11.8. The van der Waals surface area contributed by atoms with Crippen LogP contribution in [0, 0.1) is 17.8 Å². The zero-order valence-corrected chi connectivity index (χ0v) is 41.6. The van der Waals surface area contributed by atoms with E-state index in [1.54, 1.807) is 62.4 Å². The number of carbonyl (C=O) groups excluding carboxylic acids is 3. The van der Waals surface area contributed by atoms with Crippen molar-refractivity contribution >= 4 is 126 Å². The average Bonchev–Trinajstić information content (AvgIpc) is 3.28. The van der Waals surface area contributed by atoms with Crippen LogP contribution < -0.4 is 38.9 Å². The molecule has 0 fully saturated rings. The fraction of sp³-hybridized carbons (Fsp3) is 0.298. The van der Waals surface area contributed by atoms with Crippen molar-refractivity contribution < 1.29 is 24.3 Å². The Balaban J connectivity index is 0.000000224. The number of nitrogens with zero attached hydrogens (tertiary/aromatic N) is 5. The number of guanidine groups is 2. The Labute approximate surface area is 413 Å². The lowest BCUT2D eigenvalue weighted by Gasteiger charge is -2.18. The average molecular weight is 1010 g/mol. The first-order valence-electron chi connectivity index (χ1n) is 21.1. The first-order valence-corrected chi connectivity index (χ1v) is 22.7. The molecule has 3 aromatic carbocycles. The molecule has 3 amide bonds. The molecule has 0 aliphatic heterocycles. The van der Waals surface area contributed by atoms with Crippen LogP contribution in [0.25, 0.3) is 32.3 Å². The van der Waals surface area contributed by atoms with Crippen LogP contribution in [0.4, 0.5) is 11.6 Å². The number of hydrogen-bond donors (Lipinski definition) is 8. The van der Waals surface area contributed by atoms with E-state index in [0.29, 0.717) is 70.5 Å². The fourth-order valence-electron chi connectivity index (χ4n) is 6.06. The molecule has 6 aromatic rings. The lowest BCUT2D eigenvalue weighted by molar-refractivity contribution is -0.140. The van der Waals surface area contributed by atoms with E-state index in [4.69, 9.17) is 69.3 Å². The van der Waals surface area contributed by atoms with Gasteiger partial charge in [0.25, 0.3) is 17.7 Å². The largest absolute Gasteiger partial charge is 0.480 e. The highest BCUT2D eigenvalue weighted by atomic mass is 35.5. The van der Waals surface area contributed by atoms with Gasteiger partial charge in [-0.1, -0.05) is 106 Å². The Morgan fingerprint density at radius 1 is 0.500 bits per heavy atom. The highest BCUT2D eigenvalue weighted by Crippen LogP contribution is 2.32. The zero-order chi connectivity index (χ0) is 50.7. The number of amides is 3. The molecule has 360 valence electrons. The topological polar surface area (TPSA) is 292 Å². The Kier molecular flexibility index (Phi) is 19.1. The maximum Gasteiger partial charge on any atom is 0.326 e. The maximum atomic E-state index is 12.4. The minimum atomic E-state index is -1.10. The molecule has 0 bridgehead atoms. The van der Waals surface area contributed by atoms with Gasteiger partial charge in [-0.3, -0.25) is 14.4 Å². The Hall–Kier alpha value is -6.53. The van der Waals surface area contributed by atoms with Gasteiger partial charge in [0.1, 0.15) is 11.2 Å². The van der Waals surface area contributed by atoms with Crippen LogP contribution in [0.1, 0.15) is 86.5 Å². The molecular weight excluding hydrogens is 954 g/mol. The van der Waals surface area contributed by atoms with E-state index in [1.807, 2.05) is 27.7 Å². The number of aromatic nitrogens is 3. The molecule has 68 heavy (non-hydrogen) atoms. The van der Waals surface area contributed by atoms with Gasteiger partial charge in [-0.2, -0.15) is 9.98 Å². The number of aliphatic carboxylic acids is 1. The molecule has 3 atom stereocenters. The van der Waals surface area contributed by atoms with Gasteiger partial charge in [0, 0.05) is 79.7 Å². The van der Waals surface area contributed by atoms with Crippen LogP contribution >= 0.6 is 46.4 Å². The Morgan fingerprint density at radius 3 is 1.18 bits per heavy atom. The summed E-state index contributed by atoms with van der Waals surface area (Å²) in [5.41, 5.74) is 22.9. The number of fused-ring (bicyclic) bond motifs is 3. The minimum absolute atomic E-state index is 0.0628. The number of carbonyl (C=O) groups is 4. The van der Waals surface area contributed by atoms with Crippen molar-refractivity contribution in [2.24, 2.45) is 50.7 Å². The number of nitrogens with one attached hydrogen (secondary N) is 3. The monoisotopic (exact) mass is 1010 g/mol. The summed E-state index contributed by atoms with van der Waals surface area (Å²) in [7, 11) is 0. The highest BCUT2D eigenvalue weighted by molar-refractivity contribution is 6.39. The lowest BCUT2D eigenvalue weighted by atomic mass is 10.0. The van der Waals surface area contributed by atoms with E-state index in [9.17, 15) is 24.3 Å². The maximum absolute atomic E-state index is 12.4. The van der Waals surface area contributed by atoms with E-state index < -0.39 is 17.9 Å². The number of aliphatic imine (C=N–C) groups is 2. The van der Waals surface area contributed by atoms with Crippen molar-refractivity contribution in [3.8, 4) is 0 Å². The summed E-state index contributed by atoms with van der Waals surface area (Å²) in [4.78, 5) is 68.3. The Bertz CT molecular complexity index is 2900. The molecule has 0 saturated carbocycles. The summed E-state index contributed by atoms with van der Waals surface area (Å²) < 4.78 is 0. The molecule has 0 spiro atoms. The van der Waals surface area contributed by atoms with Crippen molar-refractivity contribution in [3.63, 3.8) is 0 Å². The normalized spacial score (nSPS) is 12.3. The zero-order valence-electron chi connectivity index (χ0n) is 38.5. The number of hydrogen-bond acceptors (Lipinski definition) is 9. The van der Waals surface area contributed by atoms with E-state index in [1.165, 1.54) is 24.7 Å². The summed E-state index contributed by atoms with van der Waals surface area (Å²) in [5, 5.41) is 23.2. The van der Waals surface area contributed by atoms with Crippen LogP contribution in [0.2, 0.25) is 20.2 Å². The molecule has 3 unspecified atom stereocenters. The molecule has 6 rings (SSSR count). The summed E-state index contributed by atoms with van der Waals surface area (Å²) in [6, 6.07) is 14.3. The molecule has 3 aromatic heterocycles. The molecule has 0 aliphatic carbocycles. The number of benzene rings is 3. The van der Waals surface area contributed by atoms with Crippen molar-refractivity contribution in [3.05, 3.63) is 110 Å². The first-order chi connectivity index (χ1) is 31.9. The second-order valence-electron chi connectivity index (χ2n) is 16.7. The number of rotatable bonds is 12.